The minimum Gasteiger partial charge on any atom is -0.271 e. The largest absolute Gasteiger partial charge is 0.278 e. The van der Waals surface area contributed by atoms with Crippen molar-refractivity contribution in [2.75, 3.05) is 0 Å². The van der Waals surface area contributed by atoms with E-state index in [1.165, 1.54) is 6.07 Å². The van der Waals surface area contributed by atoms with Gasteiger partial charge in [0.1, 0.15) is 0 Å². The molecule has 0 aliphatic rings. The summed E-state index contributed by atoms with van der Waals surface area (Å²) in [7, 11) is 0. The molecule has 15 heavy (non-hydrogen) atoms. The van der Waals surface area contributed by atoms with Gasteiger partial charge in [0, 0.05) is 0 Å². The molecule has 1 N–H and O–H groups in total. The normalized spacial score (nSPS) is 10.5. The van der Waals surface area contributed by atoms with E-state index in [0.29, 0.717) is 0 Å². The predicted molar refractivity (Wildman–Crippen MR) is 55.7 cm³/mol. The highest BCUT2D eigenvalue weighted by Crippen LogP contribution is 2.14. The van der Waals surface area contributed by atoms with Crippen molar-refractivity contribution in [2.24, 2.45) is 0 Å². The Balaban J connectivity index is 2.77. The van der Waals surface area contributed by atoms with Gasteiger partial charge in [0.25, 0.3) is 5.91 Å². The fourth-order valence-electron chi connectivity index (χ4n) is 0.739. The summed E-state index contributed by atoms with van der Waals surface area (Å²) in [5.41, 5.74) is 2.34. The van der Waals surface area contributed by atoms with Crippen molar-refractivity contribution in [3.8, 4) is 0 Å². The molecular weight excluding hydrogens is 241 g/mol. The Morgan fingerprint density at radius 1 is 1.47 bits per heavy atom. The first-order valence-corrected chi connectivity index (χ1v) is 4.91. The molecule has 0 radical (unpaired) electrons. The molecule has 82 valence electrons. The molecule has 0 bridgehead atoms. The van der Waals surface area contributed by atoms with Crippen LogP contribution in [0, 0.1) is 0 Å². The molecule has 1 heterocycles. The van der Waals surface area contributed by atoms with Crippen LogP contribution in [0.4, 0.5) is 0 Å². The number of amides is 1. The maximum Gasteiger partial charge on any atom is 0.278 e. The van der Waals surface area contributed by atoms with Crippen LogP contribution in [0.1, 0.15) is 24.2 Å². The predicted octanol–water partition coefficient (Wildman–Crippen LogP) is 1.85. The van der Waals surface area contributed by atoms with Gasteiger partial charge in [-0.15, -0.1) is 10.2 Å². The van der Waals surface area contributed by atoms with Gasteiger partial charge in [-0.2, -0.15) is 0 Å². The highest BCUT2D eigenvalue weighted by Gasteiger charge is 2.13. The first-order chi connectivity index (χ1) is 7.00. The van der Waals surface area contributed by atoms with E-state index in [9.17, 15) is 4.79 Å². The smallest absolute Gasteiger partial charge is 0.271 e. The molecule has 1 aromatic heterocycles. The van der Waals surface area contributed by atoms with E-state index >= 15 is 0 Å². The van der Waals surface area contributed by atoms with Gasteiger partial charge >= 0.3 is 0 Å². The van der Waals surface area contributed by atoms with Crippen LogP contribution in [0.15, 0.2) is 6.07 Å². The minimum absolute atomic E-state index is 0.0238. The molecular formula is C8H9Cl2N3O2. The Bertz CT molecular complexity index is 371. The number of carbonyl (C=O) groups excluding carboxylic acids is 1. The molecule has 7 heteroatoms. The Kier molecular flexibility index (Phi) is 4.26. The maximum absolute atomic E-state index is 11.5. The summed E-state index contributed by atoms with van der Waals surface area (Å²) in [6, 6.07) is 1.32. The fraction of sp³-hybridized carbons (Fsp3) is 0.375. The summed E-state index contributed by atoms with van der Waals surface area (Å²) in [5.74, 6) is -0.509. The minimum atomic E-state index is -0.509. The SMILES string of the molecule is CC(C)ONC(=O)c1cc(Cl)nnc1Cl. The molecule has 0 spiro atoms. The van der Waals surface area contributed by atoms with Crippen molar-refractivity contribution in [1.82, 2.24) is 15.7 Å². The monoisotopic (exact) mass is 249 g/mol. The van der Waals surface area contributed by atoms with Gasteiger partial charge in [-0.1, -0.05) is 23.2 Å². The van der Waals surface area contributed by atoms with Crippen LogP contribution in [0.25, 0.3) is 0 Å². The number of nitrogens with zero attached hydrogens (tertiary/aromatic N) is 2. The van der Waals surface area contributed by atoms with Gasteiger partial charge in [0.05, 0.1) is 11.7 Å². The molecule has 1 amide bonds. The van der Waals surface area contributed by atoms with Crippen LogP contribution >= 0.6 is 23.2 Å². The highest BCUT2D eigenvalue weighted by atomic mass is 35.5. The average Bonchev–Trinajstić information content (AvgIpc) is 2.18. The zero-order valence-electron chi connectivity index (χ0n) is 8.12. The zero-order chi connectivity index (χ0) is 11.4. The Morgan fingerprint density at radius 2 is 2.13 bits per heavy atom. The number of halogens is 2. The number of hydrogen-bond donors (Lipinski definition) is 1. The van der Waals surface area contributed by atoms with Gasteiger partial charge < -0.3 is 0 Å². The summed E-state index contributed by atoms with van der Waals surface area (Å²) in [4.78, 5) is 16.4. The zero-order valence-corrected chi connectivity index (χ0v) is 9.63. The summed E-state index contributed by atoms with van der Waals surface area (Å²) in [6.45, 7) is 3.55. The summed E-state index contributed by atoms with van der Waals surface area (Å²) >= 11 is 11.2. The van der Waals surface area contributed by atoms with Crippen LogP contribution in [-0.2, 0) is 4.84 Å². The van der Waals surface area contributed by atoms with Crippen molar-refractivity contribution in [3.05, 3.63) is 21.9 Å². The molecule has 0 aromatic carbocycles. The second kappa shape index (κ2) is 5.25. The maximum atomic E-state index is 11.5. The van der Waals surface area contributed by atoms with Crippen LogP contribution in [0.3, 0.4) is 0 Å². The summed E-state index contributed by atoms with van der Waals surface area (Å²) < 4.78 is 0. The molecule has 0 aliphatic heterocycles. The summed E-state index contributed by atoms with van der Waals surface area (Å²) in [6.07, 6.45) is -0.127. The molecule has 0 fully saturated rings. The van der Waals surface area contributed by atoms with E-state index in [1.807, 2.05) is 0 Å². The Labute approximate surface area is 96.7 Å². The van der Waals surface area contributed by atoms with Gasteiger partial charge in [0.15, 0.2) is 10.3 Å². The molecule has 0 aliphatic carbocycles. The average molecular weight is 250 g/mol. The Hall–Kier alpha value is -0.910. The van der Waals surface area contributed by atoms with Crippen LogP contribution in [-0.4, -0.2) is 22.2 Å². The number of hydroxylamine groups is 1. The lowest BCUT2D eigenvalue weighted by Gasteiger charge is -2.08. The molecule has 1 aromatic rings. The Morgan fingerprint density at radius 3 is 2.73 bits per heavy atom. The van der Waals surface area contributed by atoms with Crippen LogP contribution in [0.2, 0.25) is 10.3 Å². The van der Waals surface area contributed by atoms with Gasteiger partial charge in [-0.3, -0.25) is 9.63 Å². The lowest BCUT2D eigenvalue weighted by atomic mass is 10.3. The van der Waals surface area contributed by atoms with E-state index in [2.05, 4.69) is 15.7 Å². The number of nitrogens with one attached hydrogen (secondary N) is 1. The lowest BCUT2D eigenvalue weighted by Crippen LogP contribution is -2.27. The quantitative estimate of drug-likeness (QED) is 0.831. The number of carbonyl (C=O) groups is 1. The van der Waals surface area contributed by atoms with Crippen molar-refractivity contribution in [2.45, 2.75) is 20.0 Å². The number of rotatable bonds is 3. The first-order valence-electron chi connectivity index (χ1n) is 4.15. The van der Waals surface area contributed by atoms with E-state index in [-0.39, 0.29) is 22.0 Å². The second-order valence-electron chi connectivity index (χ2n) is 2.97. The summed E-state index contributed by atoms with van der Waals surface area (Å²) in [5, 5.41) is 7.04. The molecule has 1 rings (SSSR count). The fourth-order valence-corrected chi connectivity index (χ4v) is 1.06. The van der Waals surface area contributed by atoms with Crippen LogP contribution < -0.4 is 5.48 Å². The molecule has 0 atom stereocenters. The van der Waals surface area contributed by atoms with Gasteiger partial charge in [0.2, 0.25) is 0 Å². The standard InChI is InChI=1S/C8H9Cl2N3O2/c1-4(2)15-13-8(14)5-3-6(9)11-12-7(5)10/h3-4H,1-2H3,(H,13,14). The van der Waals surface area contributed by atoms with E-state index in [1.54, 1.807) is 13.8 Å². The second-order valence-corrected chi connectivity index (χ2v) is 3.71. The van der Waals surface area contributed by atoms with E-state index in [4.69, 9.17) is 28.0 Å². The van der Waals surface area contributed by atoms with E-state index < -0.39 is 5.91 Å². The number of aromatic nitrogens is 2. The van der Waals surface area contributed by atoms with E-state index in [0.717, 1.165) is 0 Å². The van der Waals surface area contributed by atoms with Gasteiger partial charge in [-0.25, -0.2) is 5.48 Å². The van der Waals surface area contributed by atoms with Crippen molar-refractivity contribution in [3.63, 3.8) is 0 Å². The topological polar surface area (TPSA) is 64.1 Å². The first kappa shape index (κ1) is 12.2. The van der Waals surface area contributed by atoms with Crippen molar-refractivity contribution in [1.29, 1.82) is 0 Å². The molecule has 0 saturated heterocycles. The third kappa shape index (κ3) is 3.62. The third-order valence-electron chi connectivity index (χ3n) is 1.35. The van der Waals surface area contributed by atoms with Crippen molar-refractivity contribution < 1.29 is 9.63 Å². The lowest BCUT2D eigenvalue weighted by molar-refractivity contribution is 0.000164. The number of hydrogen-bond acceptors (Lipinski definition) is 4. The van der Waals surface area contributed by atoms with Gasteiger partial charge in [-0.05, 0) is 19.9 Å². The highest BCUT2D eigenvalue weighted by molar-refractivity contribution is 6.34. The molecule has 0 unspecified atom stereocenters. The molecule has 5 nitrogen and oxygen atoms in total. The third-order valence-corrected chi connectivity index (χ3v) is 1.81. The van der Waals surface area contributed by atoms with Crippen molar-refractivity contribution >= 4 is 29.1 Å². The van der Waals surface area contributed by atoms with Crippen LogP contribution in [0.5, 0.6) is 0 Å². The molecule has 0 saturated carbocycles.